The molecule has 0 bridgehead atoms. The Balaban J connectivity index is 0.963. The molecule has 0 spiro atoms. The van der Waals surface area contributed by atoms with Gasteiger partial charge in [0.2, 0.25) is 12.7 Å². The Morgan fingerprint density at radius 3 is 2.46 bits per heavy atom. The number of benzene rings is 1. The van der Waals surface area contributed by atoms with Crippen LogP contribution < -0.4 is 19.7 Å². The Hall–Kier alpha value is -1.99. The van der Waals surface area contributed by atoms with Gasteiger partial charge < -0.3 is 24.4 Å². The average molecular weight is 486 g/mol. The summed E-state index contributed by atoms with van der Waals surface area (Å²) in [5, 5.41) is 3.35. The van der Waals surface area contributed by atoms with E-state index in [1.165, 1.54) is 31.5 Å². The van der Waals surface area contributed by atoms with Crippen molar-refractivity contribution in [3.8, 4) is 11.5 Å². The van der Waals surface area contributed by atoms with Crippen LogP contribution in [0.1, 0.15) is 64.2 Å². The summed E-state index contributed by atoms with van der Waals surface area (Å²) in [7, 11) is 1.80. The smallest absolute Gasteiger partial charge is 0.231 e. The van der Waals surface area contributed by atoms with Crippen LogP contribution in [0.25, 0.3) is 0 Å². The molecule has 7 heteroatoms. The molecular weight excluding hydrogens is 442 g/mol. The van der Waals surface area contributed by atoms with Gasteiger partial charge in [-0.3, -0.25) is 9.69 Å². The van der Waals surface area contributed by atoms with Gasteiger partial charge in [-0.25, -0.2) is 0 Å². The zero-order chi connectivity index (χ0) is 24.0. The number of hydrogen-bond acceptors (Lipinski definition) is 6. The topological polar surface area (TPSA) is 63.3 Å². The van der Waals surface area contributed by atoms with Gasteiger partial charge in [-0.2, -0.15) is 0 Å². The fourth-order valence-electron chi connectivity index (χ4n) is 6.46. The van der Waals surface area contributed by atoms with Gasteiger partial charge in [-0.05, 0) is 88.3 Å². The van der Waals surface area contributed by atoms with Crippen LogP contribution in [0, 0.1) is 11.8 Å². The van der Waals surface area contributed by atoms with E-state index in [1.54, 1.807) is 7.11 Å². The summed E-state index contributed by atoms with van der Waals surface area (Å²) < 4.78 is 16.7. The second-order valence-corrected chi connectivity index (χ2v) is 11.0. The van der Waals surface area contributed by atoms with Crippen molar-refractivity contribution in [2.45, 2.75) is 76.4 Å². The first-order chi connectivity index (χ1) is 17.2. The lowest BCUT2D eigenvalue weighted by molar-refractivity contribution is -0.123. The molecule has 0 unspecified atom stereocenters. The van der Waals surface area contributed by atoms with E-state index in [0.717, 1.165) is 82.1 Å². The number of anilines is 1. The largest absolute Gasteiger partial charge is 0.454 e. The minimum absolute atomic E-state index is 0.271. The molecule has 0 atom stereocenters. The maximum Gasteiger partial charge on any atom is 0.231 e. The Labute approximate surface area is 210 Å². The monoisotopic (exact) mass is 485 g/mol. The molecule has 2 saturated carbocycles. The molecular formula is C28H43N3O4. The third kappa shape index (κ3) is 6.42. The van der Waals surface area contributed by atoms with Gasteiger partial charge in [0, 0.05) is 45.8 Å². The molecule has 2 heterocycles. The highest BCUT2D eigenvalue weighted by molar-refractivity contribution is 5.76. The van der Waals surface area contributed by atoms with E-state index in [-0.39, 0.29) is 5.91 Å². The fraction of sp³-hybridized carbons (Fsp3) is 0.750. The standard InChI is InChI=1S/C28H43N3O4/c1-33-24-11-7-22(8-12-24)19-27(32)29-23-9-5-21(6-10-23)13-14-30-15-17-31(18-16-30)25-3-2-4-26-28(25)35-20-34-26/h2-4,21-24H,5-20H2,1H3,(H,29,32)/t21?,22-,23?,24-. The van der Waals surface area contributed by atoms with Crippen molar-refractivity contribution in [1.29, 1.82) is 0 Å². The van der Waals surface area contributed by atoms with Crippen LogP contribution in [0.15, 0.2) is 18.2 Å². The molecule has 7 nitrogen and oxygen atoms in total. The van der Waals surface area contributed by atoms with E-state index in [2.05, 4.69) is 27.2 Å². The predicted molar refractivity (Wildman–Crippen MR) is 137 cm³/mol. The zero-order valence-corrected chi connectivity index (χ0v) is 21.4. The number of piperazine rings is 1. The van der Waals surface area contributed by atoms with Crippen molar-refractivity contribution < 1.29 is 19.0 Å². The lowest BCUT2D eigenvalue weighted by Crippen LogP contribution is -2.47. The van der Waals surface area contributed by atoms with E-state index in [4.69, 9.17) is 14.2 Å². The van der Waals surface area contributed by atoms with Crippen molar-refractivity contribution in [2.75, 3.05) is 51.5 Å². The molecule has 1 amide bonds. The number of carbonyl (C=O) groups excluding carboxylic acids is 1. The number of amides is 1. The summed E-state index contributed by atoms with van der Waals surface area (Å²) in [6, 6.07) is 6.57. The number of carbonyl (C=O) groups is 1. The molecule has 5 rings (SSSR count). The first kappa shape index (κ1) is 24.7. The molecule has 0 radical (unpaired) electrons. The average Bonchev–Trinajstić information content (AvgIpc) is 3.38. The Morgan fingerprint density at radius 2 is 1.71 bits per heavy atom. The van der Waals surface area contributed by atoms with Gasteiger partial charge in [0.1, 0.15) is 0 Å². The lowest BCUT2D eigenvalue weighted by atomic mass is 9.83. The van der Waals surface area contributed by atoms with Crippen molar-refractivity contribution in [2.24, 2.45) is 11.8 Å². The number of nitrogens with zero attached hydrogens (tertiary/aromatic N) is 2. The Bertz CT molecular complexity index is 825. The van der Waals surface area contributed by atoms with Crippen molar-refractivity contribution >= 4 is 11.6 Å². The Kier molecular flexibility index (Phi) is 8.35. The summed E-state index contributed by atoms with van der Waals surface area (Å²) in [4.78, 5) is 17.6. The molecule has 4 aliphatic rings. The molecule has 1 saturated heterocycles. The molecule has 2 aliphatic carbocycles. The molecule has 2 aliphatic heterocycles. The summed E-state index contributed by atoms with van der Waals surface area (Å²) in [6.07, 6.45) is 11.6. The van der Waals surface area contributed by atoms with Gasteiger partial charge >= 0.3 is 0 Å². The Morgan fingerprint density at radius 1 is 0.971 bits per heavy atom. The first-order valence-electron chi connectivity index (χ1n) is 13.9. The van der Waals surface area contributed by atoms with Gasteiger partial charge in [-0.15, -0.1) is 0 Å². The highest BCUT2D eigenvalue weighted by Crippen LogP contribution is 2.41. The molecule has 194 valence electrons. The second-order valence-electron chi connectivity index (χ2n) is 11.0. The first-order valence-corrected chi connectivity index (χ1v) is 13.9. The summed E-state index contributed by atoms with van der Waals surface area (Å²) in [6.45, 7) is 5.78. The van der Waals surface area contributed by atoms with Crippen LogP contribution in [-0.4, -0.2) is 69.6 Å². The molecule has 1 aromatic rings. The minimum atomic E-state index is 0.271. The highest BCUT2D eigenvalue weighted by Gasteiger charge is 2.28. The van der Waals surface area contributed by atoms with Crippen LogP contribution in [0.4, 0.5) is 5.69 Å². The molecule has 1 N–H and O–H groups in total. The van der Waals surface area contributed by atoms with Gasteiger partial charge in [0.05, 0.1) is 11.8 Å². The predicted octanol–water partition coefficient (Wildman–Crippen LogP) is 4.20. The number of hydrogen-bond donors (Lipinski definition) is 1. The summed E-state index contributed by atoms with van der Waals surface area (Å²) in [5.74, 6) is 3.39. The molecule has 3 fully saturated rings. The van der Waals surface area contributed by atoms with Crippen LogP contribution in [-0.2, 0) is 9.53 Å². The van der Waals surface area contributed by atoms with Crippen molar-refractivity contribution in [3.05, 3.63) is 18.2 Å². The highest BCUT2D eigenvalue weighted by atomic mass is 16.7. The van der Waals surface area contributed by atoms with E-state index in [9.17, 15) is 4.79 Å². The number of para-hydroxylation sites is 1. The quantitative estimate of drug-likeness (QED) is 0.596. The third-order valence-corrected chi connectivity index (χ3v) is 8.76. The number of rotatable bonds is 8. The maximum atomic E-state index is 12.6. The van der Waals surface area contributed by atoms with Gasteiger partial charge in [0.25, 0.3) is 0 Å². The van der Waals surface area contributed by atoms with Crippen molar-refractivity contribution in [3.63, 3.8) is 0 Å². The van der Waals surface area contributed by atoms with Crippen LogP contribution in [0.3, 0.4) is 0 Å². The van der Waals surface area contributed by atoms with E-state index in [0.29, 0.717) is 31.3 Å². The number of methoxy groups -OCH3 is 1. The van der Waals surface area contributed by atoms with E-state index in [1.807, 2.05) is 6.07 Å². The van der Waals surface area contributed by atoms with Crippen LogP contribution >= 0.6 is 0 Å². The number of nitrogens with one attached hydrogen (secondary N) is 1. The molecule has 1 aromatic carbocycles. The van der Waals surface area contributed by atoms with E-state index < -0.39 is 0 Å². The molecule has 0 aromatic heterocycles. The minimum Gasteiger partial charge on any atom is -0.454 e. The van der Waals surface area contributed by atoms with Gasteiger partial charge in [-0.1, -0.05) is 6.07 Å². The van der Waals surface area contributed by atoms with E-state index >= 15 is 0 Å². The van der Waals surface area contributed by atoms with Gasteiger partial charge in [0.15, 0.2) is 11.5 Å². The second kappa shape index (κ2) is 11.8. The molecule has 35 heavy (non-hydrogen) atoms. The lowest BCUT2D eigenvalue weighted by Gasteiger charge is -2.37. The normalized spacial score (nSPS) is 29.2. The van der Waals surface area contributed by atoms with Crippen LogP contribution in [0.5, 0.6) is 11.5 Å². The van der Waals surface area contributed by atoms with Crippen LogP contribution in [0.2, 0.25) is 0 Å². The zero-order valence-electron chi connectivity index (χ0n) is 21.4. The fourth-order valence-corrected chi connectivity index (χ4v) is 6.46. The van der Waals surface area contributed by atoms with Crippen molar-refractivity contribution in [1.82, 2.24) is 10.2 Å². The maximum absolute atomic E-state index is 12.6. The third-order valence-electron chi connectivity index (χ3n) is 8.76. The summed E-state index contributed by atoms with van der Waals surface area (Å²) >= 11 is 0. The summed E-state index contributed by atoms with van der Waals surface area (Å²) in [5.41, 5.74) is 1.17. The number of ether oxygens (including phenoxy) is 3. The number of fused-ring (bicyclic) bond motifs is 1. The SMILES string of the molecule is CO[C@H]1CC[C@H](CC(=O)NC2CCC(CCN3CCN(c4cccc5c4OCO5)CC3)CC2)CC1.